The number of halogens is 1. The Balaban J connectivity index is 1.47. The van der Waals surface area contributed by atoms with Gasteiger partial charge in [-0.25, -0.2) is 4.79 Å². The number of aromatic nitrogens is 1. The molecule has 1 atom stereocenters. The zero-order valence-electron chi connectivity index (χ0n) is 19.7. The van der Waals surface area contributed by atoms with Crippen LogP contribution in [-0.4, -0.2) is 67.3 Å². The number of nitrogens with one attached hydrogen (secondary N) is 2. The summed E-state index contributed by atoms with van der Waals surface area (Å²) >= 11 is 5.93. The van der Waals surface area contributed by atoms with Gasteiger partial charge in [0.05, 0.1) is 13.2 Å². The van der Waals surface area contributed by atoms with Gasteiger partial charge in [0.25, 0.3) is 5.91 Å². The molecule has 4 rings (SSSR count). The first-order valence-electron chi connectivity index (χ1n) is 11.8. The smallest absolute Gasteiger partial charge is 0.329 e. The molecule has 1 aliphatic heterocycles. The number of carbonyl (C=O) groups is 2. The Morgan fingerprint density at radius 2 is 1.86 bits per heavy atom. The largest absolute Gasteiger partial charge is 0.460 e. The van der Waals surface area contributed by atoms with E-state index in [-0.39, 0.29) is 18.6 Å². The van der Waals surface area contributed by atoms with E-state index in [0.717, 1.165) is 38.2 Å². The predicted octanol–water partition coefficient (Wildman–Crippen LogP) is 2.95. The maximum atomic E-state index is 13.0. The lowest BCUT2D eigenvalue weighted by Crippen LogP contribution is -2.43. The van der Waals surface area contributed by atoms with E-state index in [4.69, 9.17) is 21.1 Å². The summed E-state index contributed by atoms with van der Waals surface area (Å²) in [4.78, 5) is 43.2. The van der Waals surface area contributed by atoms with Crippen LogP contribution < -0.4 is 10.9 Å². The Morgan fingerprint density at radius 3 is 2.64 bits per heavy atom. The lowest BCUT2D eigenvalue weighted by Gasteiger charge is -2.25. The molecule has 36 heavy (non-hydrogen) atoms. The molecule has 0 spiro atoms. The van der Waals surface area contributed by atoms with Gasteiger partial charge in [0, 0.05) is 53.6 Å². The van der Waals surface area contributed by atoms with Gasteiger partial charge in [-0.05, 0) is 42.0 Å². The summed E-state index contributed by atoms with van der Waals surface area (Å²) in [5, 5.41) is 4.06. The number of benzene rings is 2. The van der Waals surface area contributed by atoms with Crippen LogP contribution in [0.5, 0.6) is 0 Å². The van der Waals surface area contributed by atoms with E-state index >= 15 is 0 Å². The van der Waals surface area contributed by atoms with E-state index in [1.807, 2.05) is 24.3 Å². The molecule has 0 aliphatic carbocycles. The number of hydrogen-bond donors (Lipinski definition) is 2. The van der Waals surface area contributed by atoms with Gasteiger partial charge in [-0.2, -0.15) is 0 Å². The molecule has 0 radical (unpaired) electrons. The quantitative estimate of drug-likeness (QED) is 0.340. The Bertz CT molecular complexity index is 1280. The Kier molecular flexibility index (Phi) is 8.89. The summed E-state index contributed by atoms with van der Waals surface area (Å²) in [6, 6.07) is 14.1. The number of morpholine rings is 1. The first kappa shape index (κ1) is 25.6. The Hall–Kier alpha value is -3.46. The number of nitrogens with zero attached hydrogens (tertiary/aromatic N) is 1. The van der Waals surface area contributed by atoms with Crippen molar-refractivity contribution in [1.29, 1.82) is 0 Å². The van der Waals surface area contributed by atoms with Crippen LogP contribution in [-0.2, 0) is 20.7 Å². The number of hydrogen-bond acceptors (Lipinski definition) is 6. The van der Waals surface area contributed by atoms with E-state index in [1.54, 1.807) is 36.4 Å². The van der Waals surface area contributed by atoms with Crippen molar-refractivity contribution >= 4 is 34.4 Å². The van der Waals surface area contributed by atoms with Gasteiger partial charge >= 0.3 is 5.97 Å². The number of rotatable bonds is 9. The zero-order chi connectivity index (χ0) is 25.3. The van der Waals surface area contributed by atoms with Crippen LogP contribution in [0.4, 0.5) is 0 Å². The van der Waals surface area contributed by atoms with E-state index in [9.17, 15) is 14.4 Å². The summed E-state index contributed by atoms with van der Waals surface area (Å²) in [5.41, 5.74) is 1.36. The Labute approximate surface area is 213 Å². The molecule has 1 amide bonds. The topological polar surface area (TPSA) is 101 Å². The van der Waals surface area contributed by atoms with Gasteiger partial charge in [0.1, 0.15) is 12.6 Å². The third-order valence-corrected chi connectivity index (χ3v) is 6.16. The van der Waals surface area contributed by atoms with Crippen molar-refractivity contribution < 1.29 is 19.1 Å². The highest BCUT2D eigenvalue weighted by atomic mass is 35.5. The SMILES string of the molecule is O=C(NC(Cc1cc(=O)[nH]c2ccccc12)C(=O)OC/C=C/CN1CCOCC1)c1ccc(Cl)cc1. The molecule has 2 heterocycles. The second kappa shape index (κ2) is 12.5. The summed E-state index contributed by atoms with van der Waals surface area (Å²) in [5.74, 6) is -1.02. The average Bonchev–Trinajstić information content (AvgIpc) is 2.88. The summed E-state index contributed by atoms with van der Waals surface area (Å²) in [6.45, 7) is 3.99. The molecule has 1 unspecified atom stereocenters. The number of fused-ring (bicyclic) bond motifs is 1. The minimum absolute atomic E-state index is 0.0760. The van der Waals surface area contributed by atoms with Crippen molar-refractivity contribution in [2.24, 2.45) is 0 Å². The van der Waals surface area contributed by atoms with Crippen LogP contribution in [0.1, 0.15) is 15.9 Å². The number of H-pyrrole nitrogens is 1. The standard InChI is InChI=1S/C27H28ClN3O5/c28-21-9-7-19(8-10-21)26(33)30-24(17-20-18-25(32)29-23-6-2-1-5-22(20)23)27(34)36-14-4-3-11-31-12-15-35-16-13-31/h1-10,18,24H,11-17H2,(H,29,32)(H,30,33)/b4-3+. The van der Waals surface area contributed by atoms with Gasteiger partial charge in [0.15, 0.2) is 0 Å². The van der Waals surface area contributed by atoms with Gasteiger partial charge in [-0.1, -0.05) is 35.9 Å². The normalized spacial score (nSPS) is 15.1. The van der Waals surface area contributed by atoms with Crippen LogP contribution in [0.2, 0.25) is 5.02 Å². The van der Waals surface area contributed by atoms with Crippen molar-refractivity contribution in [3.8, 4) is 0 Å². The average molecular weight is 510 g/mol. The fourth-order valence-electron chi connectivity index (χ4n) is 4.01. The molecular formula is C27H28ClN3O5. The van der Waals surface area contributed by atoms with E-state index in [1.165, 1.54) is 6.07 Å². The number of ether oxygens (including phenoxy) is 2. The van der Waals surface area contributed by atoms with Gasteiger partial charge in [-0.15, -0.1) is 0 Å². The van der Waals surface area contributed by atoms with Crippen LogP contribution in [0, 0.1) is 0 Å². The third kappa shape index (κ3) is 7.04. The number of aromatic amines is 1. The van der Waals surface area contributed by atoms with Crippen LogP contribution in [0.15, 0.2) is 71.5 Å². The van der Waals surface area contributed by atoms with E-state index in [2.05, 4.69) is 15.2 Å². The monoisotopic (exact) mass is 509 g/mol. The molecule has 2 aromatic carbocycles. The van der Waals surface area contributed by atoms with Crippen molar-refractivity contribution in [2.45, 2.75) is 12.5 Å². The highest BCUT2D eigenvalue weighted by molar-refractivity contribution is 6.30. The minimum Gasteiger partial charge on any atom is -0.460 e. The first-order chi connectivity index (χ1) is 17.5. The maximum absolute atomic E-state index is 13.0. The molecule has 8 nitrogen and oxygen atoms in total. The number of carbonyl (C=O) groups excluding carboxylic acids is 2. The summed E-state index contributed by atoms with van der Waals surface area (Å²) < 4.78 is 10.8. The van der Waals surface area contributed by atoms with E-state index < -0.39 is 17.9 Å². The van der Waals surface area contributed by atoms with Gasteiger partial charge in [0.2, 0.25) is 5.56 Å². The fraction of sp³-hybridized carbons (Fsp3) is 0.296. The first-order valence-corrected chi connectivity index (χ1v) is 12.2. The predicted molar refractivity (Wildman–Crippen MR) is 138 cm³/mol. The van der Waals surface area contributed by atoms with Crippen LogP contribution >= 0.6 is 11.6 Å². The Morgan fingerprint density at radius 1 is 1.11 bits per heavy atom. The molecular weight excluding hydrogens is 482 g/mol. The van der Waals surface area contributed by atoms with Gasteiger partial charge < -0.3 is 19.8 Å². The molecule has 1 saturated heterocycles. The fourth-order valence-corrected chi connectivity index (χ4v) is 4.13. The number of pyridine rings is 1. The molecule has 0 bridgehead atoms. The molecule has 1 aromatic heterocycles. The highest BCUT2D eigenvalue weighted by Gasteiger charge is 2.24. The lowest BCUT2D eigenvalue weighted by molar-refractivity contribution is -0.144. The summed E-state index contributed by atoms with van der Waals surface area (Å²) in [6.07, 6.45) is 3.83. The molecule has 1 fully saturated rings. The van der Waals surface area contributed by atoms with Crippen molar-refractivity contribution in [3.05, 3.63) is 93.3 Å². The minimum atomic E-state index is -0.994. The van der Waals surface area contributed by atoms with Crippen molar-refractivity contribution in [2.75, 3.05) is 39.5 Å². The molecule has 1 aliphatic rings. The van der Waals surface area contributed by atoms with Crippen molar-refractivity contribution in [1.82, 2.24) is 15.2 Å². The molecule has 9 heteroatoms. The second-order valence-corrected chi connectivity index (χ2v) is 8.89. The second-order valence-electron chi connectivity index (χ2n) is 8.46. The third-order valence-electron chi connectivity index (χ3n) is 5.91. The van der Waals surface area contributed by atoms with Crippen molar-refractivity contribution in [3.63, 3.8) is 0 Å². The number of para-hydroxylation sites is 1. The highest BCUT2D eigenvalue weighted by Crippen LogP contribution is 2.17. The summed E-state index contributed by atoms with van der Waals surface area (Å²) in [7, 11) is 0. The van der Waals surface area contributed by atoms with E-state index in [0.29, 0.717) is 21.7 Å². The molecule has 2 N–H and O–H groups in total. The molecule has 0 saturated carbocycles. The molecule has 188 valence electrons. The van der Waals surface area contributed by atoms with Gasteiger partial charge in [-0.3, -0.25) is 14.5 Å². The number of esters is 1. The number of amides is 1. The van der Waals surface area contributed by atoms with Crippen LogP contribution in [0.3, 0.4) is 0 Å². The lowest BCUT2D eigenvalue weighted by atomic mass is 10.0. The zero-order valence-corrected chi connectivity index (χ0v) is 20.5. The maximum Gasteiger partial charge on any atom is 0.329 e. The molecule has 3 aromatic rings. The van der Waals surface area contributed by atoms with Crippen LogP contribution in [0.25, 0.3) is 10.9 Å².